The van der Waals surface area contributed by atoms with Crippen molar-refractivity contribution in [3.05, 3.63) is 47.7 Å². The molecule has 4 rings (SSSR count). The van der Waals surface area contributed by atoms with Gasteiger partial charge in [0.25, 0.3) is 0 Å². The second-order valence-corrected chi connectivity index (χ2v) is 8.21. The minimum absolute atomic E-state index is 0.199. The fraction of sp³-hybridized carbons (Fsp3) is 0.409. The molecular formula is C22H26N4O3S. The Bertz CT molecular complexity index is 940. The normalized spacial score (nSPS) is 14.6. The molecule has 0 atom stereocenters. The molecule has 1 aliphatic heterocycles. The number of hydrogen-bond donors (Lipinski definition) is 0. The van der Waals surface area contributed by atoms with Gasteiger partial charge in [0, 0.05) is 44.7 Å². The van der Waals surface area contributed by atoms with Crippen LogP contribution >= 0.6 is 11.3 Å². The van der Waals surface area contributed by atoms with Gasteiger partial charge < -0.3 is 19.1 Å². The first kappa shape index (κ1) is 20.4. The summed E-state index contributed by atoms with van der Waals surface area (Å²) in [5, 5.41) is 6.01. The third kappa shape index (κ3) is 4.99. The topological polar surface area (TPSA) is 71.7 Å². The summed E-state index contributed by atoms with van der Waals surface area (Å²) >= 11 is 1.58. The first-order chi connectivity index (χ1) is 14.7. The van der Waals surface area contributed by atoms with Crippen LogP contribution in [0, 0.1) is 0 Å². The summed E-state index contributed by atoms with van der Waals surface area (Å²) in [4.78, 5) is 22.4. The van der Waals surface area contributed by atoms with Gasteiger partial charge in [-0.1, -0.05) is 11.2 Å². The average molecular weight is 427 g/mol. The zero-order valence-electron chi connectivity index (χ0n) is 17.1. The van der Waals surface area contributed by atoms with E-state index in [9.17, 15) is 4.79 Å². The van der Waals surface area contributed by atoms with E-state index in [-0.39, 0.29) is 5.91 Å². The lowest BCUT2D eigenvalue weighted by Gasteiger charge is -2.24. The number of benzene rings is 1. The second kappa shape index (κ2) is 9.75. The zero-order chi connectivity index (χ0) is 20.8. The molecule has 30 heavy (non-hydrogen) atoms. The Hall–Kier alpha value is -2.87. The molecule has 3 aromatic rings. The van der Waals surface area contributed by atoms with Crippen LogP contribution < -0.4 is 9.64 Å². The molecule has 1 amide bonds. The number of aryl methyl sites for hydroxylation is 1. The van der Waals surface area contributed by atoms with Gasteiger partial charge in [0.2, 0.25) is 17.6 Å². The highest BCUT2D eigenvalue weighted by molar-refractivity contribution is 7.13. The first-order valence-electron chi connectivity index (χ1n) is 10.3. The maximum atomic E-state index is 12.7. The van der Waals surface area contributed by atoms with Gasteiger partial charge in [-0.2, -0.15) is 4.98 Å². The summed E-state index contributed by atoms with van der Waals surface area (Å²) in [5.74, 6) is 2.27. The molecule has 0 radical (unpaired) electrons. The van der Waals surface area contributed by atoms with Gasteiger partial charge >= 0.3 is 0 Å². The maximum Gasteiger partial charge on any atom is 0.226 e. The Morgan fingerprint density at radius 1 is 1.17 bits per heavy atom. The van der Waals surface area contributed by atoms with Crippen LogP contribution in [0.4, 0.5) is 5.69 Å². The third-order valence-electron chi connectivity index (χ3n) is 5.28. The predicted octanol–water partition coefficient (Wildman–Crippen LogP) is 3.87. The van der Waals surface area contributed by atoms with Crippen molar-refractivity contribution in [2.75, 3.05) is 38.2 Å². The fourth-order valence-electron chi connectivity index (χ4n) is 3.63. The van der Waals surface area contributed by atoms with Gasteiger partial charge in [0.05, 0.1) is 12.0 Å². The molecule has 2 aromatic heterocycles. The van der Waals surface area contributed by atoms with Crippen LogP contribution in [-0.2, 0) is 11.2 Å². The molecule has 1 saturated heterocycles. The van der Waals surface area contributed by atoms with Crippen LogP contribution in [0.3, 0.4) is 0 Å². The Kier molecular flexibility index (Phi) is 6.63. The molecule has 1 aliphatic rings. The molecule has 3 heterocycles. The van der Waals surface area contributed by atoms with E-state index in [1.54, 1.807) is 18.4 Å². The molecule has 1 fully saturated rings. The molecule has 0 spiro atoms. The molecule has 0 N–H and O–H groups in total. The monoisotopic (exact) mass is 426 g/mol. The van der Waals surface area contributed by atoms with Crippen LogP contribution in [0.15, 0.2) is 46.3 Å². The lowest BCUT2D eigenvalue weighted by Crippen LogP contribution is -2.35. The Morgan fingerprint density at radius 3 is 2.80 bits per heavy atom. The molecule has 0 saturated carbocycles. The SMILES string of the molecule is COc1ccc(N2CCCN(C(=O)CCCc3nc(-c4cccs4)no3)CC2)cc1. The van der Waals surface area contributed by atoms with Gasteiger partial charge in [0.1, 0.15) is 5.75 Å². The predicted molar refractivity (Wildman–Crippen MR) is 117 cm³/mol. The number of rotatable bonds is 7. The summed E-state index contributed by atoms with van der Waals surface area (Å²) in [6, 6.07) is 12.0. The minimum Gasteiger partial charge on any atom is -0.497 e. The van der Waals surface area contributed by atoms with Crippen LogP contribution in [0.2, 0.25) is 0 Å². The lowest BCUT2D eigenvalue weighted by molar-refractivity contribution is -0.131. The van der Waals surface area contributed by atoms with E-state index in [0.29, 0.717) is 31.0 Å². The Balaban J connectivity index is 1.24. The summed E-state index contributed by atoms with van der Waals surface area (Å²) in [6.07, 6.45) is 2.80. The maximum absolute atomic E-state index is 12.7. The van der Waals surface area contributed by atoms with Crippen molar-refractivity contribution in [1.82, 2.24) is 15.0 Å². The number of nitrogens with zero attached hydrogens (tertiary/aromatic N) is 4. The van der Waals surface area contributed by atoms with Crippen molar-refractivity contribution in [3.8, 4) is 16.5 Å². The number of carbonyl (C=O) groups is 1. The highest BCUT2D eigenvalue weighted by atomic mass is 32.1. The van der Waals surface area contributed by atoms with E-state index >= 15 is 0 Å². The summed E-state index contributed by atoms with van der Waals surface area (Å²) in [7, 11) is 1.67. The second-order valence-electron chi connectivity index (χ2n) is 7.26. The van der Waals surface area contributed by atoms with Gasteiger partial charge in [0.15, 0.2) is 0 Å². The number of anilines is 1. The van der Waals surface area contributed by atoms with Crippen molar-refractivity contribution < 1.29 is 14.1 Å². The van der Waals surface area contributed by atoms with Crippen molar-refractivity contribution in [2.45, 2.75) is 25.7 Å². The number of carbonyl (C=O) groups excluding carboxylic acids is 1. The number of methoxy groups -OCH3 is 1. The van der Waals surface area contributed by atoms with Gasteiger partial charge in [-0.3, -0.25) is 4.79 Å². The number of ether oxygens (including phenoxy) is 1. The smallest absolute Gasteiger partial charge is 0.226 e. The first-order valence-corrected chi connectivity index (χ1v) is 11.1. The summed E-state index contributed by atoms with van der Waals surface area (Å²) in [6.45, 7) is 3.33. The molecule has 0 aliphatic carbocycles. The summed E-state index contributed by atoms with van der Waals surface area (Å²) in [5.41, 5.74) is 1.17. The number of hydrogen-bond acceptors (Lipinski definition) is 7. The van der Waals surface area contributed by atoms with E-state index in [1.807, 2.05) is 34.5 Å². The van der Waals surface area contributed by atoms with Gasteiger partial charge in [-0.05, 0) is 48.6 Å². The van der Waals surface area contributed by atoms with E-state index in [0.717, 1.165) is 43.2 Å². The molecule has 0 unspecified atom stereocenters. The highest BCUT2D eigenvalue weighted by Gasteiger charge is 2.19. The van der Waals surface area contributed by atoms with E-state index in [1.165, 1.54) is 5.69 Å². The van der Waals surface area contributed by atoms with Crippen LogP contribution in [0.25, 0.3) is 10.7 Å². The molecular weight excluding hydrogens is 400 g/mol. The Labute approximate surface area is 180 Å². The number of thiophene rings is 1. The van der Waals surface area contributed by atoms with Crippen LogP contribution in [-0.4, -0.2) is 54.2 Å². The zero-order valence-corrected chi connectivity index (χ0v) is 17.9. The largest absolute Gasteiger partial charge is 0.497 e. The average Bonchev–Trinajstić information content (AvgIpc) is 3.41. The van der Waals surface area contributed by atoms with Gasteiger partial charge in [-0.15, -0.1) is 11.3 Å². The minimum atomic E-state index is 0.199. The molecule has 158 valence electrons. The summed E-state index contributed by atoms with van der Waals surface area (Å²) < 4.78 is 10.6. The lowest BCUT2D eigenvalue weighted by atomic mass is 10.2. The molecule has 7 nitrogen and oxygen atoms in total. The third-order valence-corrected chi connectivity index (χ3v) is 6.14. The number of aromatic nitrogens is 2. The van der Waals surface area contributed by atoms with Crippen molar-refractivity contribution in [2.24, 2.45) is 0 Å². The van der Waals surface area contributed by atoms with E-state index < -0.39 is 0 Å². The van der Waals surface area contributed by atoms with E-state index in [4.69, 9.17) is 9.26 Å². The quantitative estimate of drug-likeness (QED) is 0.571. The Morgan fingerprint density at radius 2 is 2.03 bits per heavy atom. The fourth-order valence-corrected chi connectivity index (χ4v) is 4.28. The molecule has 1 aromatic carbocycles. The van der Waals surface area contributed by atoms with Gasteiger partial charge in [-0.25, -0.2) is 0 Å². The molecule has 0 bridgehead atoms. The van der Waals surface area contributed by atoms with Crippen molar-refractivity contribution >= 4 is 22.9 Å². The van der Waals surface area contributed by atoms with Crippen molar-refractivity contribution in [3.63, 3.8) is 0 Å². The number of amides is 1. The highest BCUT2D eigenvalue weighted by Crippen LogP contribution is 2.22. The standard InChI is InChI=1S/C22H26N4O3S/c1-28-18-10-8-17(9-11-18)25-12-4-13-26(15-14-25)21(27)7-2-6-20-23-22(24-29-20)19-5-3-16-30-19/h3,5,8-11,16H,2,4,6-7,12-15H2,1H3. The van der Waals surface area contributed by atoms with Crippen molar-refractivity contribution in [1.29, 1.82) is 0 Å². The molecule has 8 heteroatoms. The van der Waals surface area contributed by atoms with E-state index in [2.05, 4.69) is 27.2 Å². The van der Waals surface area contributed by atoms with Crippen LogP contribution in [0.1, 0.15) is 25.2 Å². The van der Waals surface area contributed by atoms with Crippen LogP contribution in [0.5, 0.6) is 5.75 Å².